The quantitative estimate of drug-likeness (QED) is 0.884. The Labute approximate surface area is 122 Å². The lowest BCUT2D eigenvalue weighted by atomic mass is 9.96. The number of nitrogens with one attached hydrogen (secondary N) is 1. The molecule has 0 fully saturated rings. The fraction of sp³-hybridized carbons (Fsp3) is 0.333. The summed E-state index contributed by atoms with van der Waals surface area (Å²) in [6.45, 7) is 0.723. The van der Waals surface area contributed by atoms with Gasteiger partial charge in [-0.15, -0.1) is 0 Å². The lowest BCUT2D eigenvalue weighted by Crippen LogP contribution is -2.33. The zero-order chi connectivity index (χ0) is 14.8. The van der Waals surface area contributed by atoms with Gasteiger partial charge in [-0.05, 0) is 18.1 Å². The van der Waals surface area contributed by atoms with Crippen LogP contribution in [-0.4, -0.2) is 22.3 Å². The maximum Gasteiger partial charge on any atom is 0.232 e. The molecule has 1 unspecified atom stereocenters. The van der Waals surface area contributed by atoms with Crippen molar-refractivity contribution in [2.75, 3.05) is 11.9 Å². The van der Waals surface area contributed by atoms with Crippen LogP contribution in [0.5, 0.6) is 5.75 Å². The summed E-state index contributed by atoms with van der Waals surface area (Å²) < 4.78 is 7.29. The number of aryl methyl sites for hydroxylation is 1. The molecule has 0 spiro atoms. The Morgan fingerprint density at radius 3 is 3.14 bits per heavy atom. The third-order valence-electron chi connectivity index (χ3n) is 3.62. The second-order valence-corrected chi connectivity index (χ2v) is 5.19. The molecular weight excluding hydrogens is 268 g/mol. The Kier molecular flexibility index (Phi) is 3.62. The Bertz CT molecular complexity index is 665. The van der Waals surface area contributed by atoms with E-state index in [9.17, 15) is 4.79 Å². The minimum Gasteiger partial charge on any atom is -0.492 e. The smallest absolute Gasteiger partial charge is 0.232 e. The topological polar surface area (TPSA) is 82.2 Å². The Balaban J connectivity index is 1.72. The molecule has 1 aliphatic rings. The second kappa shape index (κ2) is 5.57. The highest BCUT2D eigenvalue weighted by Gasteiger charge is 2.26. The molecule has 21 heavy (non-hydrogen) atoms. The zero-order valence-electron chi connectivity index (χ0n) is 11.9. The molecule has 2 heterocycles. The molecule has 1 aliphatic heterocycles. The highest BCUT2D eigenvalue weighted by molar-refractivity contribution is 5.92. The number of amides is 1. The molecule has 1 aromatic heterocycles. The van der Waals surface area contributed by atoms with Gasteiger partial charge < -0.3 is 15.8 Å². The van der Waals surface area contributed by atoms with Gasteiger partial charge in [0, 0.05) is 25.4 Å². The molecule has 2 aromatic rings. The van der Waals surface area contributed by atoms with Crippen LogP contribution in [0.3, 0.4) is 0 Å². The summed E-state index contributed by atoms with van der Waals surface area (Å²) in [4.78, 5) is 12.4. The predicted molar refractivity (Wildman–Crippen MR) is 78.9 cm³/mol. The monoisotopic (exact) mass is 286 g/mol. The van der Waals surface area contributed by atoms with Crippen LogP contribution in [0.2, 0.25) is 0 Å². The highest BCUT2D eigenvalue weighted by Crippen LogP contribution is 2.27. The molecule has 0 saturated heterocycles. The van der Waals surface area contributed by atoms with E-state index in [2.05, 4.69) is 10.4 Å². The number of anilines is 1. The molecule has 110 valence electrons. The van der Waals surface area contributed by atoms with E-state index in [4.69, 9.17) is 10.5 Å². The molecule has 3 N–H and O–H groups in total. The Morgan fingerprint density at radius 1 is 1.52 bits per heavy atom. The van der Waals surface area contributed by atoms with E-state index >= 15 is 0 Å². The van der Waals surface area contributed by atoms with Crippen LogP contribution in [0.25, 0.3) is 0 Å². The van der Waals surface area contributed by atoms with Gasteiger partial charge in [-0.1, -0.05) is 18.2 Å². The number of rotatable bonds is 3. The lowest BCUT2D eigenvalue weighted by molar-refractivity contribution is -0.121. The normalized spacial score (nSPS) is 17.0. The van der Waals surface area contributed by atoms with Crippen molar-refractivity contribution in [1.29, 1.82) is 0 Å². The highest BCUT2D eigenvalue weighted by atomic mass is 16.5. The molecule has 0 aliphatic carbocycles. The number of carbonyl (C=O) groups excluding carboxylic acids is 1. The van der Waals surface area contributed by atoms with Crippen molar-refractivity contribution in [3.63, 3.8) is 0 Å². The molecule has 0 radical (unpaired) electrons. The van der Waals surface area contributed by atoms with Crippen LogP contribution in [0, 0.1) is 5.92 Å². The zero-order valence-corrected chi connectivity index (χ0v) is 11.9. The predicted octanol–water partition coefficient (Wildman–Crippen LogP) is 1.07. The molecule has 3 rings (SSSR count). The maximum atomic E-state index is 12.4. The van der Waals surface area contributed by atoms with E-state index < -0.39 is 0 Å². The van der Waals surface area contributed by atoms with Crippen LogP contribution in [0.15, 0.2) is 30.5 Å². The largest absolute Gasteiger partial charge is 0.492 e. The number of nitrogens with two attached hydrogens (primary N) is 1. The first-order chi connectivity index (χ1) is 10.2. The average Bonchev–Trinajstić information content (AvgIpc) is 2.86. The van der Waals surface area contributed by atoms with Crippen molar-refractivity contribution in [3.05, 3.63) is 41.6 Å². The first kappa shape index (κ1) is 13.6. The van der Waals surface area contributed by atoms with E-state index in [1.807, 2.05) is 30.5 Å². The number of hydrogen-bond donors (Lipinski definition) is 2. The van der Waals surface area contributed by atoms with E-state index in [1.54, 1.807) is 11.7 Å². The Morgan fingerprint density at radius 2 is 2.33 bits per heavy atom. The number of ether oxygens (including phenoxy) is 1. The summed E-state index contributed by atoms with van der Waals surface area (Å²) in [6.07, 6.45) is 2.48. The molecule has 1 aromatic carbocycles. The minimum absolute atomic E-state index is 0.0853. The van der Waals surface area contributed by atoms with Gasteiger partial charge in [-0.25, -0.2) is 0 Å². The van der Waals surface area contributed by atoms with Crippen molar-refractivity contribution >= 4 is 11.7 Å². The van der Waals surface area contributed by atoms with Crippen molar-refractivity contribution in [2.24, 2.45) is 18.7 Å². The fourth-order valence-corrected chi connectivity index (χ4v) is 2.51. The summed E-state index contributed by atoms with van der Waals surface area (Å²) in [5.74, 6) is 1.09. The first-order valence-corrected chi connectivity index (χ1v) is 6.91. The average molecular weight is 286 g/mol. The molecule has 1 atom stereocenters. The molecule has 6 nitrogen and oxygen atoms in total. The number of fused-ring (bicyclic) bond motifs is 1. The molecular formula is C15H18N4O2. The van der Waals surface area contributed by atoms with Gasteiger partial charge in [0.05, 0.1) is 5.92 Å². The van der Waals surface area contributed by atoms with Gasteiger partial charge >= 0.3 is 0 Å². The van der Waals surface area contributed by atoms with E-state index in [1.165, 1.54) is 0 Å². The third-order valence-corrected chi connectivity index (χ3v) is 3.62. The van der Waals surface area contributed by atoms with Crippen molar-refractivity contribution in [1.82, 2.24) is 9.78 Å². The van der Waals surface area contributed by atoms with Gasteiger partial charge in [0.1, 0.15) is 12.4 Å². The number of hydrogen-bond acceptors (Lipinski definition) is 4. The molecule has 0 bridgehead atoms. The van der Waals surface area contributed by atoms with Crippen LogP contribution in [0.1, 0.15) is 11.1 Å². The number of aromatic nitrogens is 2. The van der Waals surface area contributed by atoms with Crippen molar-refractivity contribution in [2.45, 2.75) is 13.0 Å². The number of benzene rings is 1. The van der Waals surface area contributed by atoms with Gasteiger partial charge in [0.15, 0.2) is 5.82 Å². The molecule has 6 heteroatoms. The molecule has 0 saturated carbocycles. The summed E-state index contributed by atoms with van der Waals surface area (Å²) in [5.41, 5.74) is 7.53. The van der Waals surface area contributed by atoms with Crippen LogP contribution in [-0.2, 0) is 24.8 Å². The standard InChI is InChI=1S/C15H18N4O2/c1-19-8-12(7-16)14(18-19)17-15(20)11-6-10-4-2-3-5-13(10)21-9-11/h2-5,8,11H,6-7,9,16H2,1H3,(H,17,18,20). The summed E-state index contributed by atoms with van der Waals surface area (Å²) in [7, 11) is 1.80. The number of para-hydroxylation sites is 1. The maximum absolute atomic E-state index is 12.4. The summed E-state index contributed by atoms with van der Waals surface area (Å²) in [6, 6.07) is 7.80. The molecule has 1 amide bonds. The lowest BCUT2D eigenvalue weighted by Gasteiger charge is -2.24. The van der Waals surface area contributed by atoms with Gasteiger partial charge in [0.25, 0.3) is 0 Å². The number of carbonyl (C=O) groups is 1. The van der Waals surface area contributed by atoms with Crippen molar-refractivity contribution in [3.8, 4) is 5.75 Å². The Hall–Kier alpha value is -2.34. The van der Waals surface area contributed by atoms with Crippen LogP contribution < -0.4 is 15.8 Å². The van der Waals surface area contributed by atoms with E-state index in [0.717, 1.165) is 16.9 Å². The van der Waals surface area contributed by atoms with Crippen LogP contribution >= 0.6 is 0 Å². The summed E-state index contributed by atoms with van der Waals surface area (Å²) in [5, 5.41) is 7.08. The summed E-state index contributed by atoms with van der Waals surface area (Å²) >= 11 is 0. The van der Waals surface area contributed by atoms with E-state index in [-0.39, 0.29) is 11.8 Å². The van der Waals surface area contributed by atoms with Gasteiger partial charge in [-0.3, -0.25) is 9.48 Å². The van der Waals surface area contributed by atoms with Gasteiger partial charge in [-0.2, -0.15) is 5.10 Å². The number of nitrogens with zero attached hydrogens (tertiary/aromatic N) is 2. The SMILES string of the molecule is Cn1cc(CN)c(NC(=O)C2COc3ccccc3C2)n1. The third kappa shape index (κ3) is 2.75. The fourth-order valence-electron chi connectivity index (χ4n) is 2.51. The first-order valence-electron chi connectivity index (χ1n) is 6.91. The van der Waals surface area contributed by atoms with E-state index in [0.29, 0.717) is 25.4 Å². The second-order valence-electron chi connectivity index (χ2n) is 5.19. The van der Waals surface area contributed by atoms with Crippen LogP contribution in [0.4, 0.5) is 5.82 Å². The van der Waals surface area contributed by atoms with Gasteiger partial charge in [0.2, 0.25) is 5.91 Å². The minimum atomic E-state index is -0.215. The van der Waals surface area contributed by atoms with Crippen molar-refractivity contribution < 1.29 is 9.53 Å².